The van der Waals surface area contributed by atoms with Gasteiger partial charge in [0.05, 0.1) is 12.3 Å². The van der Waals surface area contributed by atoms with Gasteiger partial charge < -0.3 is 4.74 Å². The third-order valence-electron chi connectivity index (χ3n) is 4.14. The fourth-order valence-electron chi connectivity index (χ4n) is 2.62. The van der Waals surface area contributed by atoms with Crippen molar-refractivity contribution in [1.82, 2.24) is 5.43 Å². The lowest BCUT2D eigenvalue weighted by Crippen LogP contribution is -2.45. The molecule has 1 atom stereocenters. The Balaban J connectivity index is 1.66. The van der Waals surface area contributed by atoms with E-state index < -0.39 is 5.60 Å². The van der Waals surface area contributed by atoms with Gasteiger partial charge in [0.1, 0.15) is 0 Å². The molecule has 118 valence electrons. The van der Waals surface area contributed by atoms with E-state index in [2.05, 4.69) is 22.7 Å². The number of amides is 1. The van der Waals surface area contributed by atoms with E-state index in [1.54, 1.807) is 6.92 Å². The number of aryl methyl sites for hydroxylation is 1. The van der Waals surface area contributed by atoms with Crippen molar-refractivity contribution in [1.29, 1.82) is 0 Å². The highest BCUT2D eigenvalue weighted by atomic mass is 16.5. The molecule has 3 rings (SSSR count). The Hall–Kier alpha value is -2.46. The van der Waals surface area contributed by atoms with Gasteiger partial charge in [0, 0.05) is 0 Å². The predicted molar refractivity (Wildman–Crippen MR) is 90.0 cm³/mol. The Kier molecular flexibility index (Phi) is 4.53. The first-order valence-corrected chi connectivity index (χ1v) is 7.78. The maximum atomic E-state index is 12.2. The summed E-state index contributed by atoms with van der Waals surface area (Å²) < 4.78 is 5.95. The van der Waals surface area contributed by atoms with Crippen molar-refractivity contribution < 1.29 is 9.53 Å². The van der Waals surface area contributed by atoms with Crippen LogP contribution in [0.15, 0.2) is 65.8 Å². The number of carbonyl (C=O) groups is 1. The third-order valence-corrected chi connectivity index (χ3v) is 4.14. The quantitative estimate of drug-likeness (QED) is 0.891. The summed E-state index contributed by atoms with van der Waals surface area (Å²) in [4.78, 5) is 12.2. The molecule has 1 N–H and O–H groups in total. The van der Waals surface area contributed by atoms with Gasteiger partial charge in [0.15, 0.2) is 5.60 Å². The molecule has 1 aliphatic rings. The molecule has 1 unspecified atom stereocenters. The van der Waals surface area contributed by atoms with Crippen molar-refractivity contribution in [2.45, 2.75) is 32.0 Å². The van der Waals surface area contributed by atoms with Gasteiger partial charge in [-0.25, -0.2) is 5.43 Å². The van der Waals surface area contributed by atoms with Crippen LogP contribution < -0.4 is 5.43 Å². The van der Waals surface area contributed by atoms with Gasteiger partial charge in [-0.2, -0.15) is 5.10 Å². The molecule has 0 saturated carbocycles. The minimum atomic E-state index is -0.995. The van der Waals surface area contributed by atoms with Gasteiger partial charge in [0.2, 0.25) is 0 Å². The zero-order chi connectivity index (χ0) is 16.1. The molecule has 0 aliphatic carbocycles. The number of nitrogens with one attached hydrogen (secondary N) is 1. The van der Waals surface area contributed by atoms with Crippen LogP contribution in [0.4, 0.5) is 0 Å². The van der Waals surface area contributed by atoms with E-state index in [-0.39, 0.29) is 5.91 Å². The fraction of sp³-hybridized carbons (Fsp3) is 0.263. The van der Waals surface area contributed by atoms with E-state index in [9.17, 15) is 4.79 Å². The van der Waals surface area contributed by atoms with E-state index in [4.69, 9.17) is 4.74 Å². The average Bonchev–Trinajstić information content (AvgIpc) is 2.88. The number of rotatable bonds is 6. The number of hydrogen-bond donors (Lipinski definition) is 1. The van der Waals surface area contributed by atoms with Gasteiger partial charge in [0.25, 0.3) is 5.91 Å². The molecule has 1 aliphatic heterocycles. The summed E-state index contributed by atoms with van der Waals surface area (Å²) in [6, 6.07) is 20.0. The molecule has 0 spiro atoms. The van der Waals surface area contributed by atoms with Gasteiger partial charge in [-0.3, -0.25) is 4.79 Å². The van der Waals surface area contributed by atoms with Crippen LogP contribution in [0.3, 0.4) is 0 Å². The molecule has 4 nitrogen and oxygen atoms in total. The maximum Gasteiger partial charge on any atom is 0.277 e. The lowest BCUT2D eigenvalue weighted by Gasteiger charge is -2.24. The van der Waals surface area contributed by atoms with Crippen LogP contribution in [-0.4, -0.2) is 17.2 Å². The standard InChI is InChI=1S/C19H20N2O2/c1-19(23-14-16-10-6-3-7-11-16)17(20-21-18(19)22)13-12-15-8-4-2-5-9-15/h2-11H,12-14H2,1H3,(H,21,22). The molecule has 0 aromatic heterocycles. The van der Waals surface area contributed by atoms with Gasteiger partial charge in [-0.05, 0) is 30.9 Å². The lowest BCUT2D eigenvalue weighted by molar-refractivity contribution is -0.136. The van der Waals surface area contributed by atoms with Crippen LogP contribution in [0.1, 0.15) is 24.5 Å². The first-order chi connectivity index (χ1) is 11.2. The van der Waals surface area contributed by atoms with Crippen LogP contribution in [0, 0.1) is 0 Å². The first-order valence-electron chi connectivity index (χ1n) is 7.78. The second kappa shape index (κ2) is 6.75. The Morgan fingerprint density at radius 2 is 1.57 bits per heavy atom. The Labute approximate surface area is 136 Å². The number of nitrogens with zero attached hydrogens (tertiary/aromatic N) is 1. The summed E-state index contributed by atoms with van der Waals surface area (Å²) >= 11 is 0. The summed E-state index contributed by atoms with van der Waals surface area (Å²) in [7, 11) is 0. The molecule has 2 aromatic rings. The van der Waals surface area contributed by atoms with E-state index >= 15 is 0 Å². The van der Waals surface area contributed by atoms with Crippen molar-refractivity contribution in [2.24, 2.45) is 5.10 Å². The van der Waals surface area contributed by atoms with Crippen molar-refractivity contribution >= 4 is 11.6 Å². The molecule has 0 fully saturated rings. The summed E-state index contributed by atoms with van der Waals surface area (Å²) in [5, 5.41) is 4.19. The topological polar surface area (TPSA) is 50.7 Å². The van der Waals surface area contributed by atoms with Crippen molar-refractivity contribution in [3.8, 4) is 0 Å². The van der Waals surface area contributed by atoms with E-state index in [0.29, 0.717) is 13.0 Å². The van der Waals surface area contributed by atoms with Crippen LogP contribution in [-0.2, 0) is 22.6 Å². The largest absolute Gasteiger partial charge is 0.355 e. The zero-order valence-corrected chi connectivity index (χ0v) is 13.2. The number of ether oxygens (including phenoxy) is 1. The van der Waals surface area contributed by atoms with Crippen molar-refractivity contribution in [3.63, 3.8) is 0 Å². The minimum absolute atomic E-state index is 0.198. The van der Waals surface area contributed by atoms with Gasteiger partial charge >= 0.3 is 0 Å². The molecule has 1 heterocycles. The molecule has 23 heavy (non-hydrogen) atoms. The molecule has 4 heteroatoms. The van der Waals surface area contributed by atoms with Gasteiger partial charge in [-0.1, -0.05) is 60.7 Å². The molecule has 0 saturated heterocycles. The van der Waals surface area contributed by atoms with Crippen LogP contribution in [0.2, 0.25) is 0 Å². The smallest absolute Gasteiger partial charge is 0.277 e. The Morgan fingerprint density at radius 3 is 2.22 bits per heavy atom. The average molecular weight is 308 g/mol. The lowest BCUT2D eigenvalue weighted by atomic mass is 9.94. The molecular formula is C19H20N2O2. The zero-order valence-electron chi connectivity index (χ0n) is 13.2. The molecule has 0 radical (unpaired) electrons. The summed E-state index contributed by atoms with van der Waals surface area (Å²) in [6.45, 7) is 2.18. The summed E-state index contributed by atoms with van der Waals surface area (Å²) in [6.07, 6.45) is 1.52. The summed E-state index contributed by atoms with van der Waals surface area (Å²) in [5.74, 6) is -0.198. The van der Waals surface area contributed by atoms with Crippen LogP contribution in [0.25, 0.3) is 0 Å². The third kappa shape index (κ3) is 3.48. The van der Waals surface area contributed by atoms with Crippen LogP contribution >= 0.6 is 0 Å². The first kappa shape index (κ1) is 15.4. The Bertz CT molecular complexity index is 698. The Morgan fingerprint density at radius 1 is 0.957 bits per heavy atom. The van der Waals surface area contributed by atoms with E-state index in [1.165, 1.54) is 5.56 Å². The maximum absolute atomic E-state index is 12.2. The number of hydrogen-bond acceptors (Lipinski definition) is 3. The van der Waals surface area contributed by atoms with Gasteiger partial charge in [-0.15, -0.1) is 0 Å². The molecule has 0 bridgehead atoms. The van der Waals surface area contributed by atoms with Crippen molar-refractivity contribution in [2.75, 3.05) is 0 Å². The van der Waals surface area contributed by atoms with E-state index in [0.717, 1.165) is 17.7 Å². The number of benzene rings is 2. The molecule has 2 aromatic carbocycles. The monoisotopic (exact) mass is 308 g/mol. The number of hydrazone groups is 1. The predicted octanol–water partition coefficient (Wildman–Crippen LogP) is 3.08. The van der Waals surface area contributed by atoms with Crippen LogP contribution in [0.5, 0.6) is 0 Å². The van der Waals surface area contributed by atoms with Crippen molar-refractivity contribution in [3.05, 3.63) is 71.8 Å². The molecule has 1 amide bonds. The van der Waals surface area contributed by atoms with E-state index in [1.807, 2.05) is 48.5 Å². The highest BCUT2D eigenvalue weighted by Gasteiger charge is 2.43. The highest BCUT2D eigenvalue weighted by Crippen LogP contribution is 2.23. The number of carbonyl (C=O) groups excluding carboxylic acids is 1. The second-order valence-corrected chi connectivity index (χ2v) is 5.79. The molecular weight excluding hydrogens is 288 g/mol. The summed E-state index contributed by atoms with van der Waals surface area (Å²) in [5.41, 5.74) is 4.57. The highest BCUT2D eigenvalue weighted by molar-refractivity contribution is 6.15. The minimum Gasteiger partial charge on any atom is -0.355 e. The fourth-order valence-corrected chi connectivity index (χ4v) is 2.62. The second-order valence-electron chi connectivity index (χ2n) is 5.79. The SMILES string of the molecule is CC1(OCc2ccccc2)C(=O)NN=C1CCc1ccccc1. The normalized spacial score (nSPS) is 20.2.